The molecule has 4 heteroatoms. The molecule has 4 nitrogen and oxygen atoms in total. The zero-order valence-corrected chi connectivity index (χ0v) is 8.82. The molecule has 0 saturated carbocycles. The topological polar surface area (TPSA) is 64.3 Å². The van der Waals surface area contributed by atoms with Crippen LogP contribution < -0.4 is 16.0 Å². The zero-order chi connectivity index (χ0) is 11.1. The fourth-order valence-electron chi connectivity index (χ4n) is 1.23. The molecule has 0 aliphatic heterocycles. The highest BCUT2D eigenvalue weighted by molar-refractivity contribution is 5.76. The van der Waals surface area contributed by atoms with Gasteiger partial charge in [-0.1, -0.05) is 25.5 Å². The number of carbonyl (C=O) groups is 1. The van der Waals surface area contributed by atoms with Crippen molar-refractivity contribution in [2.75, 3.05) is 6.61 Å². The maximum absolute atomic E-state index is 10.8. The second kappa shape index (κ2) is 6.03. The van der Waals surface area contributed by atoms with Gasteiger partial charge < -0.3 is 4.74 Å². The van der Waals surface area contributed by atoms with Crippen LogP contribution in [-0.2, 0) is 11.2 Å². The van der Waals surface area contributed by atoms with Crippen molar-refractivity contribution in [3.8, 4) is 5.75 Å². The molecule has 1 aromatic carbocycles. The molecule has 0 aliphatic rings. The zero-order valence-electron chi connectivity index (χ0n) is 8.82. The Kier molecular flexibility index (Phi) is 4.63. The van der Waals surface area contributed by atoms with E-state index in [0.29, 0.717) is 5.75 Å². The SMILES string of the molecule is CCCc1ccc(OCC(=O)NN)cc1. The number of amides is 1. The Balaban J connectivity index is 2.45. The first-order valence-electron chi connectivity index (χ1n) is 4.97. The summed E-state index contributed by atoms with van der Waals surface area (Å²) < 4.78 is 5.20. The minimum absolute atomic E-state index is 0.0520. The highest BCUT2D eigenvalue weighted by atomic mass is 16.5. The van der Waals surface area contributed by atoms with Crippen LogP contribution in [0.3, 0.4) is 0 Å². The van der Waals surface area contributed by atoms with Gasteiger partial charge in [0.25, 0.3) is 5.91 Å². The Morgan fingerprint density at radius 1 is 1.40 bits per heavy atom. The van der Waals surface area contributed by atoms with E-state index in [1.165, 1.54) is 5.56 Å². The second-order valence-corrected chi connectivity index (χ2v) is 3.25. The molecule has 15 heavy (non-hydrogen) atoms. The van der Waals surface area contributed by atoms with Gasteiger partial charge in [0.1, 0.15) is 5.75 Å². The Labute approximate surface area is 89.4 Å². The van der Waals surface area contributed by atoms with Gasteiger partial charge in [-0.15, -0.1) is 0 Å². The second-order valence-electron chi connectivity index (χ2n) is 3.25. The monoisotopic (exact) mass is 208 g/mol. The van der Waals surface area contributed by atoms with E-state index in [0.717, 1.165) is 12.8 Å². The van der Waals surface area contributed by atoms with Gasteiger partial charge in [0.15, 0.2) is 6.61 Å². The van der Waals surface area contributed by atoms with E-state index in [2.05, 4.69) is 6.92 Å². The van der Waals surface area contributed by atoms with E-state index >= 15 is 0 Å². The first-order chi connectivity index (χ1) is 7.26. The normalized spacial score (nSPS) is 9.73. The fraction of sp³-hybridized carbons (Fsp3) is 0.364. The predicted octanol–water partition coefficient (Wildman–Crippen LogP) is 1.01. The van der Waals surface area contributed by atoms with Crippen molar-refractivity contribution < 1.29 is 9.53 Å². The van der Waals surface area contributed by atoms with Crippen molar-refractivity contribution in [1.82, 2.24) is 5.43 Å². The highest BCUT2D eigenvalue weighted by Gasteiger charge is 1.99. The van der Waals surface area contributed by atoms with E-state index in [4.69, 9.17) is 10.6 Å². The lowest BCUT2D eigenvalue weighted by atomic mass is 10.1. The summed E-state index contributed by atoms with van der Waals surface area (Å²) in [4.78, 5) is 10.8. The van der Waals surface area contributed by atoms with Crippen molar-refractivity contribution in [2.45, 2.75) is 19.8 Å². The number of nitrogens with two attached hydrogens (primary N) is 1. The largest absolute Gasteiger partial charge is 0.484 e. The summed E-state index contributed by atoms with van der Waals surface area (Å²) in [6.45, 7) is 2.08. The number of ether oxygens (including phenoxy) is 1. The van der Waals surface area contributed by atoms with E-state index in [9.17, 15) is 4.79 Å². The molecule has 0 fully saturated rings. The van der Waals surface area contributed by atoms with Crippen molar-refractivity contribution in [3.05, 3.63) is 29.8 Å². The summed E-state index contributed by atoms with van der Waals surface area (Å²) >= 11 is 0. The summed E-state index contributed by atoms with van der Waals surface area (Å²) in [5, 5.41) is 0. The van der Waals surface area contributed by atoms with Crippen LogP contribution in [0, 0.1) is 0 Å². The molecule has 0 heterocycles. The van der Waals surface area contributed by atoms with Gasteiger partial charge in [-0.25, -0.2) is 5.84 Å². The molecule has 1 amide bonds. The van der Waals surface area contributed by atoms with Crippen LogP contribution in [0.15, 0.2) is 24.3 Å². The molecule has 0 saturated heterocycles. The van der Waals surface area contributed by atoms with Crippen LogP contribution in [0.1, 0.15) is 18.9 Å². The van der Waals surface area contributed by atoms with E-state index in [1.54, 1.807) is 0 Å². The fourth-order valence-corrected chi connectivity index (χ4v) is 1.23. The molecule has 0 aromatic heterocycles. The summed E-state index contributed by atoms with van der Waals surface area (Å²) in [7, 11) is 0. The Bertz CT molecular complexity index is 309. The average Bonchev–Trinajstić information content (AvgIpc) is 2.28. The summed E-state index contributed by atoms with van der Waals surface area (Å²) in [6, 6.07) is 7.71. The van der Waals surface area contributed by atoms with E-state index in [1.807, 2.05) is 29.7 Å². The van der Waals surface area contributed by atoms with Crippen LogP contribution in [0.4, 0.5) is 0 Å². The third kappa shape index (κ3) is 3.99. The van der Waals surface area contributed by atoms with Crippen molar-refractivity contribution >= 4 is 5.91 Å². The first-order valence-corrected chi connectivity index (χ1v) is 4.97. The van der Waals surface area contributed by atoms with Crippen molar-refractivity contribution in [2.24, 2.45) is 5.84 Å². The van der Waals surface area contributed by atoms with Crippen molar-refractivity contribution in [3.63, 3.8) is 0 Å². The number of carbonyl (C=O) groups excluding carboxylic acids is 1. The van der Waals surface area contributed by atoms with E-state index < -0.39 is 0 Å². The molecular formula is C11H16N2O2. The van der Waals surface area contributed by atoms with Gasteiger partial charge in [-0.3, -0.25) is 10.2 Å². The summed E-state index contributed by atoms with van der Waals surface area (Å²) in [5.41, 5.74) is 3.27. The number of hydrogen-bond acceptors (Lipinski definition) is 3. The van der Waals surface area contributed by atoms with E-state index in [-0.39, 0.29) is 12.5 Å². The number of benzene rings is 1. The van der Waals surface area contributed by atoms with Crippen LogP contribution >= 0.6 is 0 Å². The third-order valence-electron chi connectivity index (χ3n) is 1.99. The Morgan fingerprint density at radius 2 is 2.07 bits per heavy atom. The average molecular weight is 208 g/mol. The molecule has 0 radical (unpaired) electrons. The molecule has 82 valence electrons. The van der Waals surface area contributed by atoms with Gasteiger partial charge in [0.2, 0.25) is 0 Å². The number of hydrogen-bond donors (Lipinski definition) is 2. The van der Waals surface area contributed by atoms with Crippen molar-refractivity contribution in [1.29, 1.82) is 0 Å². The van der Waals surface area contributed by atoms with Gasteiger partial charge >= 0.3 is 0 Å². The molecule has 0 aliphatic carbocycles. The standard InChI is InChI=1S/C11H16N2O2/c1-2-3-9-4-6-10(7-5-9)15-8-11(14)13-12/h4-7H,2-3,8,12H2,1H3,(H,13,14). The first kappa shape index (κ1) is 11.5. The Morgan fingerprint density at radius 3 is 2.60 bits per heavy atom. The van der Waals surface area contributed by atoms with Crippen LogP contribution in [0.25, 0.3) is 0 Å². The molecule has 1 rings (SSSR count). The Hall–Kier alpha value is -1.55. The molecule has 0 atom stereocenters. The van der Waals surface area contributed by atoms with Crippen LogP contribution in [0.2, 0.25) is 0 Å². The summed E-state index contributed by atoms with van der Waals surface area (Å²) in [6.07, 6.45) is 2.18. The molecule has 1 aromatic rings. The predicted molar refractivity (Wildman–Crippen MR) is 58.3 cm³/mol. The maximum Gasteiger partial charge on any atom is 0.271 e. The number of hydrazine groups is 1. The molecule has 0 unspecified atom stereocenters. The molecule has 0 bridgehead atoms. The summed E-state index contributed by atoms with van der Waals surface area (Å²) in [5.74, 6) is 5.26. The van der Waals surface area contributed by atoms with Crippen LogP contribution in [-0.4, -0.2) is 12.5 Å². The molecule has 3 N–H and O–H groups in total. The molecular weight excluding hydrogens is 192 g/mol. The lowest BCUT2D eigenvalue weighted by Crippen LogP contribution is -2.34. The quantitative estimate of drug-likeness (QED) is 0.431. The van der Waals surface area contributed by atoms with Gasteiger partial charge in [-0.2, -0.15) is 0 Å². The minimum atomic E-state index is -0.340. The number of aryl methyl sites for hydroxylation is 1. The maximum atomic E-state index is 10.8. The van der Waals surface area contributed by atoms with Gasteiger partial charge in [0.05, 0.1) is 0 Å². The number of nitrogens with one attached hydrogen (secondary N) is 1. The lowest BCUT2D eigenvalue weighted by Gasteiger charge is -2.05. The van der Waals surface area contributed by atoms with Gasteiger partial charge in [0, 0.05) is 0 Å². The molecule has 0 spiro atoms. The van der Waals surface area contributed by atoms with Crippen LogP contribution in [0.5, 0.6) is 5.75 Å². The smallest absolute Gasteiger partial charge is 0.271 e. The highest BCUT2D eigenvalue weighted by Crippen LogP contribution is 2.12. The number of rotatable bonds is 5. The van der Waals surface area contributed by atoms with Gasteiger partial charge in [-0.05, 0) is 24.1 Å². The third-order valence-corrected chi connectivity index (χ3v) is 1.99. The minimum Gasteiger partial charge on any atom is -0.484 e. The lowest BCUT2D eigenvalue weighted by molar-refractivity contribution is -0.123.